The molecule has 2 heterocycles. The standard InChI is InChI=1S/C16H13ClO4S/c1-8-12(17)10(13(18)11-4-3-5-22-11)6-9-7-16(2,15(19)20)21-14(8)9/h3-6H,7H2,1-2H3,(H,19,20). The van der Waals surface area contributed by atoms with Gasteiger partial charge in [-0.15, -0.1) is 11.3 Å². The fourth-order valence-electron chi connectivity index (χ4n) is 2.57. The van der Waals surface area contributed by atoms with Crippen LogP contribution in [0.25, 0.3) is 0 Å². The molecule has 1 unspecified atom stereocenters. The molecule has 4 nitrogen and oxygen atoms in total. The highest BCUT2D eigenvalue weighted by molar-refractivity contribution is 7.12. The van der Waals surface area contributed by atoms with E-state index < -0.39 is 11.6 Å². The van der Waals surface area contributed by atoms with Crippen LogP contribution in [0.4, 0.5) is 0 Å². The van der Waals surface area contributed by atoms with Crippen molar-refractivity contribution in [3.8, 4) is 5.75 Å². The zero-order valence-electron chi connectivity index (χ0n) is 12.0. The number of carboxylic acid groups (broad SMARTS) is 1. The molecule has 0 saturated carbocycles. The Kier molecular flexibility index (Phi) is 3.50. The SMILES string of the molecule is Cc1c(Cl)c(C(=O)c2cccs2)cc2c1OC(C)(C(=O)O)C2. The van der Waals surface area contributed by atoms with E-state index in [2.05, 4.69) is 0 Å². The Morgan fingerprint density at radius 3 is 2.77 bits per heavy atom. The van der Waals surface area contributed by atoms with Crippen molar-refractivity contribution < 1.29 is 19.4 Å². The van der Waals surface area contributed by atoms with Crippen LogP contribution in [0.1, 0.15) is 33.3 Å². The van der Waals surface area contributed by atoms with Gasteiger partial charge in [-0.25, -0.2) is 4.79 Å². The smallest absolute Gasteiger partial charge is 0.348 e. The Bertz CT molecular complexity index is 782. The lowest BCUT2D eigenvalue weighted by Gasteiger charge is -2.18. The van der Waals surface area contributed by atoms with Crippen molar-refractivity contribution in [1.29, 1.82) is 0 Å². The maximum absolute atomic E-state index is 12.5. The maximum Gasteiger partial charge on any atom is 0.348 e. The molecule has 1 aromatic carbocycles. The lowest BCUT2D eigenvalue weighted by atomic mass is 9.95. The number of aliphatic carboxylic acids is 1. The van der Waals surface area contributed by atoms with Crippen LogP contribution in [-0.2, 0) is 11.2 Å². The van der Waals surface area contributed by atoms with Gasteiger partial charge in [0.15, 0.2) is 0 Å². The molecule has 0 spiro atoms. The van der Waals surface area contributed by atoms with Gasteiger partial charge in [-0.3, -0.25) is 4.79 Å². The molecule has 114 valence electrons. The van der Waals surface area contributed by atoms with E-state index in [4.69, 9.17) is 16.3 Å². The first-order chi connectivity index (χ1) is 10.3. The fourth-order valence-corrected chi connectivity index (χ4v) is 3.47. The molecule has 1 aliphatic rings. The number of carbonyl (C=O) groups is 2. The summed E-state index contributed by atoms with van der Waals surface area (Å²) in [5.41, 5.74) is 0.371. The van der Waals surface area contributed by atoms with Crippen LogP contribution in [0.3, 0.4) is 0 Å². The number of carboxylic acids is 1. The molecule has 1 aromatic heterocycles. The van der Waals surface area contributed by atoms with Gasteiger partial charge in [0.05, 0.1) is 9.90 Å². The van der Waals surface area contributed by atoms with Crippen LogP contribution < -0.4 is 4.74 Å². The number of hydrogen-bond donors (Lipinski definition) is 1. The van der Waals surface area contributed by atoms with E-state index in [9.17, 15) is 14.7 Å². The van der Waals surface area contributed by atoms with Crippen molar-refractivity contribution in [3.63, 3.8) is 0 Å². The average molecular weight is 337 g/mol. The first-order valence-electron chi connectivity index (χ1n) is 6.66. The zero-order chi connectivity index (χ0) is 16.1. The molecule has 0 saturated heterocycles. The van der Waals surface area contributed by atoms with Crippen LogP contribution in [0.15, 0.2) is 23.6 Å². The molecule has 1 atom stereocenters. The number of rotatable bonds is 3. The molecule has 6 heteroatoms. The van der Waals surface area contributed by atoms with Gasteiger partial charge in [-0.05, 0) is 36.9 Å². The van der Waals surface area contributed by atoms with Crippen molar-refractivity contribution in [1.82, 2.24) is 0 Å². The number of thiophene rings is 1. The number of ether oxygens (including phenoxy) is 1. The number of hydrogen-bond acceptors (Lipinski definition) is 4. The largest absolute Gasteiger partial charge is 0.478 e. The molecular weight excluding hydrogens is 324 g/mol. The van der Waals surface area contributed by atoms with Crippen LogP contribution in [-0.4, -0.2) is 22.5 Å². The molecule has 0 amide bonds. The average Bonchev–Trinajstić information content (AvgIpc) is 3.10. The highest BCUT2D eigenvalue weighted by Crippen LogP contribution is 2.42. The van der Waals surface area contributed by atoms with E-state index in [1.807, 2.05) is 5.38 Å². The Morgan fingerprint density at radius 2 is 2.18 bits per heavy atom. The molecule has 2 aromatic rings. The van der Waals surface area contributed by atoms with Gasteiger partial charge in [0.25, 0.3) is 0 Å². The van der Waals surface area contributed by atoms with Gasteiger partial charge in [0.1, 0.15) is 5.75 Å². The quantitative estimate of drug-likeness (QED) is 0.868. The summed E-state index contributed by atoms with van der Waals surface area (Å²) in [5.74, 6) is -0.724. The summed E-state index contributed by atoms with van der Waals surface area (Å²) in [6.45, 7) is 3.25. The van der Waals surface area contributed by atoms with Crippen LogP contribution in [0.2, 0.25) is 5.02 Å². The van der Waals surface area contributed by atoms with Crippen LogP contribution >= 0.6 is 22.9 Å². The fraction of sp³-hybridized carbons (Fsp3) is 0.250. The molecule has 3 rings (SSSR count). The topological polar surface area (TPSA) is 63.6 Å². The number of benzene rings is 1. The summed E-state index contributed by atoms with van der Waals surface area (Å²) in [6, 6.07) is 5.20. The number of halogens is 1. The monoisotopic (exact) mass is 336 g/mol. The summed E-state index contributed by atoms with van der Waals surface area (Å²) in [6.07, 6.45) is 0.209. The van der Waals surface area contributed by atoms with E-state index in [1.54, 1.807) is 25.1 Å². The summed E-state index contributed by atoms with van der Waals surface area (Å²) >= 11 is 7.66. The third-order valence-electron chi connectivity index (χ3n) is 3.81. The number of fused-ring (bicyclic) bond motifs is 1. The molecule has 22 heavy (non-hydrogen) atoms. The van der Waals surface area contributed by atoms with Crippen molar-refractivity contribution >= 4 is 34.7 Å². The summed E-state index contributed by atoms with van der Waals surface area (Å²) in [5, 5.41) is 11.4. The summed E-state index contributed by atoms with van der Waals surface area (Å²) < 4.78 is 5.60. The highest BCUT2D eigenvalue weighted by Gasteiger charge is 2.43. The normalized spacial score (nSPS) is 19.6. The summed E-state index contributed by atoms with van der Waals surface area (Å²) in [7, 11) is 0. The predicted octanol–water partition coefficient (Wildman–Crippen LogP) is 3.72. The molecule has 0 radical (unpaired) electrons. The maximum atomic E-state index is 12.5. The second-order valence-electron chi connectivity index (χ2n) is 5.47. The van der Waals surface area contributed by atoms with E-state index >= 15 is 0 Å². The second-order valence-corrected chi connectivity index (χ2v) is 6.80. The molecule has 0 fully saturated rings. The molecular formula is C16H13ClO4S. The summed E-state index contributed by atoms with van der Waals surface area (Å²) in [4.78, 5) is 24.5. The highest BCUT2D eigenvalue weighted by atomic mass is 35.5. The van der Waals surface area contributed by atoms with Gasteiger partial charge >= 0.3 is 5.97 Å². The van der Waals surface area contributed by atoms with Gasteiger partial charge in [-0.1, -0.05) is 17.7 Å². The lowest BCUT2D eigenvalue weighted by Crippen LogP contribution is -2.39. The Balaban J connectivity index is 2.09. The van der Waals surface area contributed by atoms with Crippen LogP contribution in [0, 0.1) is 6.92 Å². The third-order valence-corrected chi connectivity index (χ3v) is 5.17. The van der Waals surface area contributed by atoms with Crippen molar-refractivity contribution in [2.75, 3.05) is 0 Å². The third kappa shape index (κ3) is 2.21. The van der Waals surface area contributed by atoms with Gasteiger partial charge in [0, 0.05) is 17.5 Å². The first-order valence-corrected chi connectivity index (χ1v) is 7.92. The van der Waals surface area contributed by atoms with E-state index in [0.29, 0.717) is 32.3 Å². The van der Waals surface area contributed by atoms with Gasteiger partial charge in [0.2, 0.25) is 11.4 Å². The van der Waals surface area contributed by atoms with Crippen molar-refractivity contribution in [2.24, 2.45) is 0 Å². The molecule has 1 N–H and O–H groups in total. The molecule has 1 aliphatic heterocycles. The van der Waals surface area contributed by atoms with E-state index in [1.165, 1.54) is 18.3 Å². The Labute approximate surface area is 136 Å². The second kappa shape index (κ2) is 5.11. The molecule has 0 bridgehead atoms. The van der Waals surface area contributed by atoms with Crippen molar-refractivity contribution in [2.45, 2.75) is 25.9 Å². The van der Waals surface area contributed by atoms with Crippen molar-refractivity contribution in [3.05, 3.63) is 50.2 Å². The minimum absolute atomic E-state index is 0.158. The van der Waals surface area contributed by atoms with Crippen LogP contribution in [0.5, 0.6) is 5.75 Å². The lowest BCUT2D eigenvalue weighted by molar-refractivity contribution is -0.152. The predicted molar refractivity (Wildman–Crippen MR) is 84.3 cm³/mol. The Morgan fingerprint density at radius 1 is 1.45 bits per heavy atom. The van der Waals surface area contributed by atoms with Gasteiger partial charge < -0.3 is 9.84 Å². The Hall–Kier alpha value is -1.85. The number of ketones is 1. The number of carbonyl (C=O) groups excluding carboxylic acids is 1. The van der Waals surface area contributed by atoms with Gasteiger partial charge in [-0.2, -0.15) is 0 Å². The van der Waals surface area contributed by atoms with E-state index in [-0.39, 0.29) is 12.2 Å². The molecule has 0 aliphatic carbocycles. The minimum Gasteiger partial charge on any atom is -0.478 e. The zero-order valence-corrected chi connectivity index (χ0v) is 13.5. The van der Waals surface area contributed by atoms with E-state index in [0.717, 1.165) is 0 Å². The minimum atomic E-state index is -1.32. The first kappa shape index (κ1) is 15.1.